The minimum Gasteiger partial charge on any atom is -0.497 e. The van der Waals surface area contributed by atoms with E-state index < -0.39 is 15.9 Å². The van der Waals surface area contributed by atoms with Gasteiger partial charge in [-0.2, -0.15) is 0 Å². The van der Waals surface area contributed by atoms with E-state index in [1.807, 2.05) is 37.3 Å². The molecule has 0 fully saturated rings. The van der Waals surface area contributed by atoms with Crippen LogP contribution in [0.1, 0.15) is 29.3 Å². The summed E-state index contributed by atoms with van der Waals surface area (Å²) in [5.74, 6) is 0.209. The van der Waals surface area contributed by atoms with Gasteiger partial charge in [0.05, 0.1) is 28.3 Å². The second kappa shape index (κ2) is 10.7. The fourth-order valence-corrected chi connectivity index (χ4v) is 4.76. The molecule has 0 saturated carbocycles. The molecule has 0 saturated heterocycles. The Morgan fingerprint density at radius 1 is 1.06 bits per heavy atom. The van der Waals surface area contributed by atoms with Crippen LogP contribution in [0.3, 0.4) is 0 Å². The number of carbonyl (C=O) groups excluding carboxylic acids is 1. The van der Waals surface area contributed by atoms with Crippen LogP contribution in [0.4, 0.5) is 5.69 Å². The van der Waals surface area contributed by atoms with Crippen molar-refractivity contribution in [1.29, 1.82) is 0 Å². The third kappa shape index (κ3) is 6.06. The van der Waals surface area contributed by atoms with Crippen molar-refractivity contribution in [2.45, 2.75) is 30.7 Å². The van der Waals surface area contributed by atoms with Crippen molar-refractivity contribution in [3.8, 4) is 5.75 Å². The maximum absolute atomic E-state index is 13.2. The Morgan fingerprint density at radius 3 is 2.36 bits per heavy atom. The summed E-state index contributed by atoms with van der Waals surface area (Å²) < 4.78 is 32.6. The zero-order valence-electron chi connectivity index (χ0n) is 18.8. The van der Waals surface area contributed by atoms with Gasteiger partial charge in [-0.25, -0.2) is 8.42 Å². The van der Waals surface area contributed by atoms with Gasteiger partial charge in [0.25, 0.3) is 15.9 Å². The van der Waals surface area contributed by atoms with Gasteiger partial charge in [0.2, 0.25) is 0 Å². The Hall–Kier alpha value is -3.03. The van der Waals surface area contributed by atoms with E-state index in [2.05, 4.69) is 5.32 Å². The fraction of sp³-hybridized carbons (Fsp3) is 0.240. The number of ether oxygens (including phenoxy) is 1. The molecular formula is C25H27ClN2O4S. The second-order valence-electron chi connectivity index (χ2n) is 7.71. The van der Waals surface area contributed by atoms with Crippen molar-refractivity contribution in [2.75, 3.05) is 18.5 Å². The second-order valence-corrected chi connectivity index (χ2v) is 10.1. The highest BCUT2D eigenvalue weighted by atomic mass is 35.5. The molecule has 1 amide bonds. The maximum Gasteiger partial charge on any atom is 0.264 e. The van der Waals surface area contributed by atoms with Crippen molar-refractivity contribution in [3.63, 3.8) is 0 Å². The lowest BCUT2D eigenvalue weighted by atomic mass is 10.1. The lowest BCUT2D eigenvalue weighted by Crippen LogP contribution is -2.33. The molecule has 8 heteroatoms. The molecule has 0 bridgehead atoms. The van der Waals surface area contributed by atoms with Crippen molar-refractivity contribution >= 4 is 33.2 Å². The first-order valence-corrected chi connectivity index (χ1v) is 12.3. The Balaban J connectivity index is 1.75. The van der Waals surface area contributed by atoms with Gasteiger partial charge in [-0.15, -0.1) is 0 Å². The number of amides is 1. The highest BCUT2D eigenvalue weighted by Crippen LogP contribution is 2.27. The molecule has 0 unspecified atom stereocenters. The highest BCUT2D eigenvalue weighted by molar-refractivity contribution is 7.92. The minimum absolute atomic E-state index is 0.0210. The lowest BCUT2D eigenvalue weighted by molar-refractivity contribution is 0.0938. The van der Waals surface area contributed by atoms with E-state index in [0.717, 1.165) is 17.1 Å². The molecular weight excluding hydrogens is 460 g/mol. The summed E-state index contributed by atoms with van der Waals surface area (Å²) in [4.78, 5) is 12.8. The van der Waals surface area contributed by atoms with E-state index in [4.69, 9.17) is 16.3 Å². The Bertz CT molecular complexity index is 1200. The number of halogens is 1. The van der Waals surface area contributed by atoms with Gasteiger partial charge >= 0.3 is 0 Å². The molecule has 3 rings (SSSR count). The molecule has 3 aromatic carbocycles. The van der Waals surface area contributed by atoms with Crippen LogP contribution in [0.25, 0.3) is 0 Å². The normalized spacial score (nSPS) is 12.1. The van der Waals surface area contributed by atoms with E-state index >= 15 is 0 Å². The number of nitrogens with one attached hydrogen (secondary N) is 1. The number of aryl methyl sites for hydroxylation is 1. The van der Waals surface area contributed by atoms with Crippen LogP contribution in [0.5, 0.6) is 5.75 Å². The fourth-order valence-electron chi connectivity index (χ4n) is 3.33. The number of hydrogen-bond acceptors (Lipinski definition) is 4. The number of anilines is 1. The summed E-state index contributed by atoms with van der Waals surface area (Å²) >= 11 is 6.24. The highest BCUT2D eigenvalue weighted by Gasteiger charge is 2.24. The third-order valence-corrected chi connectivity index (χ3v) is 7.47. The number of rotatable bonds is 9. The van der Waals surface area contributed by atoms with E-state index in [1.54, 1.807) is 24.3 Å². The van der Waals surface area contributed by atoms with Crippen molar-refractivity contribution in [2.24, 2.45) is 0 Å². The third-order valence-electron chi connectivity index (χ3n) is 5.36. The van der Waals surface area contributed by atoms with E-state index in [1.165, 1.54) is 37.9 Å². The van der Waals surface area contributed by atoms with Crippen LogP contribution in [0.2, 0.25) is 5.02 Å². The Kier molecular flexibility index (Phi) is 8.00. The largest absolute Gasteiger partial charge is 0.497 e. The van der Waals surface area contributed by atoms with Gasteiger partial charge in [0.15, 0.2) is 0 Å². The molecule has 0 aliphatic rings. The summed E-state index contributed by atoms with van der Waals surface area (Å²) in [7, 11) is -0.910. The SMILES string of the molecule is COc1ccc(N(C)S(=O)(=O)c2ccc(Cl)c(C(=O)N[C@@H](C)CCc3ccccc3)c2)cc1. The number of carbonyl (C=O) groups is 1. The van der Waals surface area contributed by atoms with Crippen LogP contribution in [-0.4, -0.2) is 34.5 Å². The van der Waals surface area contributed by atoms with E-state index in [9.17, 15) is 13.2 Å². The van der Waals surface area contributed by atoms with E-state index in [0.29, 0.717) is 11.4 Å². The molecule has 33 heavy (non-hydrogen) atoms. The summed E-state index contributed by atoms with van der Waals surface area (Å²) in [6, 6.07) is 20.7. The maximum atomic E-state index is 13.2. The molecule has 3 aromatic rings. The van der Waals surface area contributed by atoms with Crippen LogP contribution >= 0.6 is 11.6 Å². The number of methoxy groups -OCH3 is 1. The van der Waals surface area contributed by atoms with Crippen molar-refractivity contribution in [3.05, 3.63) is 88.9 Å². The molecule has 0 heterocycles. The zero-order chi connectivity index (χ0) is 24.0. The Labute approximate surface area is 200 Å². The monoisotopic (exact) mass is 486 g/mol. The Morgan fingerprint density at radius 2 is 1.73 bits per heavy atom. The molecule has 0 aromatic heterocycles. The van der Waals surface area contributed by atoms with Gasteiger partial charge in [-0.05, 0) is 67.8 Å². The van der Waals surface area contributed by atoms with Crippen LogP contribution in [0.15, 0.2) is 77.7 Å². The minimum atomic E-state index is -3.91. The first kappa shape index (κ1) is 24.6. The predicted molar refractivity (Wildman–Crippen MR) is 132 cm³/mol. The number of nitrogens with zero attached hydrogens (tertiary/aromatic N) is 1. The van der Waals surface area contributed by atoms with E-state index in [-0.39, 0.29) is 21.5 Å². The van der Waals surface area contributed by atoms with Gasteiger partial charge in [0.1, 0.15) is 5.75 Å². The summed E-state index contributed by atoms with van der Waals surface area (Å²) in [5, 5.41) is 3.10. The van der Waals surface area contributed by atoms with Crippen molar-refractivity contribution < 1.29 is 17.9 Å². The van der Waals surface area contributed by atoms with Gasteiger partial charge in [-0.1, -0.05) is 41.9 Å². The molecule has 1 atom stereocenters. The quantitative estimate of drug-likeness (QED) is 0.465. The molecule has 174 valence electrons. The van der Waals surface area contributed by atoms with Crippen LogP contribution in [-0.2, 0) is 16.4 Å². The summed E-state index contributed by atoms with van der Waals surface area (Å²) in [5.41, 5.74) is 1.77. The topological polar surface area (TPSA) is 75.7 Å². The first-order valence-electron chi connectivity index (χ1n) is 10.5. The summed E-state index contributed by atoms with van der Waals surface area (Å²) in [6.45, 7) is 1.91. The molecule has 0 aliphatic heterocycles. The molecule has 6 nitrogen and oxygen atoms in total. The number of hydrogen-bond donors (Lipinski definition) is 1. The smallest absolute Gasteiger partial charge is 0.264 e. The molecule has 0 aliphatic carbocycles. The standard InChI is InChI=1S/C25H27ClN2O4S/c1-18(9-10-19-7-5-4-6-8-19)27-25(29)23-17-22(15-16-24(23)26)33(30,31)28(2)20-11-13-21(32-3)14-12-20/h4-8,11-18H,9-10H2,1-3H3,(H,27,29)/t18-/m0/s1. The molecule has 1 N–H and O–H groups in total. The number of benzene rings is 3. The predicted octanol–water partition coefficient (Wildman–Crippen LogP) is 4.92. The average molecular weight is 487 g/mol. The van der Waals surface area contributed by atoms with Crippen LogP contribution < -0.4 is 14.4 Å². The summed E-state index contributed by atoms with van der Waals surface area (Å²) in [6.07, 6.45) is 1.56. The molecule has 0 spiro atoms. The van der Waals surface area contributed by atoms with Gasteiger partial charge in [0, 0.05) is 13.1 Å². The average Bonchev–Trinajstić information content (AvgIpc) is 2.83. The van der Waals surface area contributed by atoms with Crippen LogP contribution in [0, 0.1) is 0 Å². The number of sulfonamides is 1. The lowest BCUT2D eigenvalue weighted by Gasteiger charge is -2.20. The first-order chi connectivity index (χ1) is 15.7. The van der Waals surface area contributed by atoms with Crippen molar-refractivity contribution in [1.82, 2.24) is 5.32 Å². The van der Waals surface area contributed by atoms with Gasteiger partial charge < -0.3 is 10.1 Å². The molecule has 0 radical (unpaired) electrons. The van der Waals surface area contributed by atoms with Gasteiger partial charge in [-0.3, -0.25) is 9.10 Å². The zero-order valence-corrected chi connectivity index (χ0v) is 20.4.